The van der Waals surface area contributed by atoms with E-state index in [9.17, 15) is 4.79 Å². The highest BCUT2D eigenvalue weighted by Gasteiger charge is 2.24. The summed E-state index contributed by atoms with van der Waals surface area (Å²) in [6.07, 6.45) is 10.3. The molecule has 2 atom stereocenters. The van der Waals surface area contributed by atoms with Crippen molar-refractivity contribution in [1.29, 1.82) is 0 Å². The third-order valence-electron chi connectivity index (χ3n) is 2.41. The fourth-order valence-electron chi connectivity index (χ4n) is 1.72. The Hall–Kier alpha value is -0.680. The first-order valence-electron chi connectivity index (χ1n) is 4.56. The lowest BCUT2D eigenvalue weighted by molar-refractivity contribution is 0.0924. The molecule has 1 aliphatic rings. The van der Waals surface area contributed by atoms with Gasteiger partial charge in [0.05, 0.1) is 5.92 Å². The second-order valence-corrected chi connectivity index (χ2v) is 3.61. The highest BCUT2D eigenvalue weighted by molar-refractivity contribution is 6.61. The van der Waals surface area contributed by atoms with E-state index in [1.165, 1.54) is 0 Å². The van der Waals surface area contributed by atoms with Gasteiger partial charge < -0.3 is 4.74 Å². The molecule has 0 heterocycles. The summed E-state index contributed by atoms with van der Waals surface area (Å²) in [7, 11) is 0. The highest BCUT2D eigenvalue weighted by Crippen LogP contribution is 2.25. The minimum Gasteiger partial charge on any atom is -0.449 e. The molecule has 1 saturated carbocycles. The van der Waals surface area contributed by atoms with Crippen LogP contribution < -0.4 is 0 Å². The summed E-state index contributed by atoms with van der Waals surface area (Å²) in [6, 6.07) is 0. The maximum Gasteiger partial charge on any atom is 0.404 e. The van der Waals surface area contributed by atoms with Crippen LogP contribution in [0.25, 0.3) is 0 Å². The molecular weight excluding hydrogens is 188 g/mol. The zero-order valence-electron chi connectivity index (χ0n) is 7.46. The zero-order valence-corrected chi connectivity index (χ0v) is 8.22. The minimum atomic E-state index is -0.743. The van der Waals surface area contributed by atoms with E-state index in [4.69, 9.17) is 22.8 Å². The summed E-state index contributed by atoms with van der Waals surface area (Å²) in [6.45, 7) is 0. The van der Waals surface area contributed by atoms with Crippen LogP contribution in [-0.4, -0.2) is 11.5 Å². The predicted octanol–water partition coefficient (Wildman–Crippen LogP) is 2.94. The Bertz CT molecular complexity index is 219. The molecule has 1 aliphatic carbocycles. The number of ether oxygens (including phenoxy) is 1. The van der Waals surface area contributed by atoms with Gasteiger partial charge in [-0.15, -0.1) is 6.42 Å². The van der Waals surface area contributed by atoms with E-state index in [0.717, 1.165) is 32.1 Å². The molecule has 0 N–H and O–H groups in total. The number of hydrogen-bond acceptors (Lipinski definition) is 2. The summed E-state index contributed by atoms with van der Waals surface area (Å²) in [4.78, 5) is 10.6. The molecule has 0 spiro atoms. The second kappa shape index (κ2) is 5.14. The lowest BCUT2D eigenvalue weighted by atomic mass is 9.98. The van der Waals surface area contributed by atoms with Gasteiger partial charge in [-0.1, -0.05) is 18.8 Å². The van der Waals surface area contributed by atoms with Gasteiger partial charge in [0, 0.05) is 11.6 Å². The molecule has 13 heavy (non-hydrogen) atoms. The third kappa shape index (κ3) is 3.28. The van der Waals surface area contributed by atoms with Crippen molar-refractivity contribution in [3.63, 3.8) is 0 Å². The van der Waals surface area contributed by atoms with Crippen LogP contribution in [0.4, 0.5) is 4.79 Å². The molecule has 0 amide bonds. The third-order valence-corrected chi connectivity index (χ3v) is 2.50. The number of carbonyl (C=O) groups is 1. The summed E-state index contributed by atoms with van der Waals surface area (Å²) in [5.41, 5.74) is -0.743. The van der Waals surface area contributed by atoms with Gasteiger partial charge in [0.2, 0.25) is 0 Å². The summed E-state index contributed by atoms with van der Waals surface area (Å²) < 4.78 is 4.96. The normalized spacial score (nSPS) is 28.6. The average molecular weight is 201 g/mol. The summed E-state index contributed by atoms with van der Waals surface area (Å²) >= 11 is 5.16. The minimum absolute atomic E-state index is 0.0465. The van der Waals surface area contributed by atoms with Crippen LogP contribution in [0.5, 0.6) is 0 Å². The van der Waals surface area contributed by atoms with Crippen molar-refractivity contribution in [2.75, 3.05) is 0 Å². The van der Waals surface area contributed by atoms with Crippen molar-refractivity contribution >= 4 is 17.0 Å². The molecule has 2 nitrogen and oxygen atoms in total. The van der Waals surface area contributed by atoms with Crippen molar-refractivity contribution in [3.05, 3.63) is 0 Å². The highest BCUT2D eigenvalue weighted by atomic mass is 35.5. The van der Waals surface area contributed by atoms with E-state index in [1.54, 1.807) is 0 Å². The van der Waals surface area contributed by atoms with Crippen LogP contribution in [0, 0.1) is 18.3 Å². The Morgan fingerprint density at radius 3 is 2.69 bits per heavy atom. The number of carbonyl (C=O) groups excluding carboxylic acids is 1. The summed E-state index contributed by atoms with van der Waals surface area (Å²) in [5.74, 6) is 2.71. The lowest BCUT2D eigenvalue weighted by Gasteiger charge is -2.19. The van der Waals surface area contributed by atoms with E-state index < -0.39 is 5.43 Å². The van der Waals surface area contributed by atoms with Gasteiger partial charge in [0.15, 0.2) is 0 Å². The molecule has 0 aliphatic heterocycles. The maximum absolute atomic E-state index is 10.6. The molecule has 3 heteroatoms. The SMILES string of the molecule is C#C[C@@H]1CCCCC[C@H]1OC(=O)Cl. The fourth-order valence-corrected chi connectivity index (χ4v) is 1.84. The molecule has 1 fully saturated rings. The van der Waals surface area contributed by atoms with Crippen LogP contribution in [0.3, 0.4) is 0 Å². The predicted molar refractivity (Wildman–Crippen MR) is 51.5 cm³/mol. The van der Waals surface area contributed by atoms with Gasteiger partial charge >= 0.3 is 5.43 Å². The maximum atomic E-state index is 10.6. The van der Waals surface area contributed by atoms with Crippen molar-refractivity contribution in [1.82, 2.24) is 0 Å². The van der Waals surface area contributed by atoms with E-state index in [2.05, 4.69) is 5.92 Å². The Kier molecular flexibility index (Phi) is 4.11. The van der Waals surface area contributed by atoms with Crippen molar-refractivity contribution in [2.24, 2.45) is 5.92 Å². The molecule has 0 bridgehead atoms. The average Bonchev–Trinajstić information content (AvgIpc) is 2.28. The standard InChI is InChI=1S/C10H13ClO2/c1-2-8-6-4-3-5-7-9(8)13-10(11)12/h1,8-9H,3-7H2/t8-,9-/m1/s1. The van der Waals surface area contributed by atoms with Crippen LogP contribution >= 0.6 is 11.6 Å². The first kappa shape index (κ1) is 10.4. The summed E-state index contributed by atoms with van der Waals surface area (Å²) in [5, 5.41) is 0. The van der Waals surface area contributed by atoms with Gasteiger partial charge in [-0.25, -0.2) is 4.79 Å². The van der Waals surface area contributed by atoms with Crippen molar-refractivity contribution in [2.45, 2.75) is 38.2 Å². The van der Waals surface area contributed by atoms with Gasteiger partial charge in [-0.05, 0) is 19.3 Å². The molecule has 0 aromatic heterocycles. The molecule has 0 aromatic rings. The first-order valence-corrected chi connectivity index (χ1v) is 4.94. The molecule has 0 radical (unpaired) electrons. The molecule has 0 aromatic carbocycles. The largest absolute Gasteiger partial charge is 0.449 e. The van der Waals surface area contributed by atoms with Crippen LogP contribution in [0.15, 0.2) is 0 Å². The van der Waals surface area contributed by atoms with Crippen LogP contribution in [-0.2, 0) is 4.74 Å². The van der Waals surface area contributed by atoms with Gasteiger partial charge in [0.1, 0.15) is 6.10 Å². The quantitative estimate of drug-likeness (QED) is 0.370. The van der Waals surface area contributed by atoms with Crippen molar-refractivity contribution in [3.8, 4) is 12.3 Å². The molecular formula is C10H13ClO2. The Balaban J connectivity index is 2.55. The van der Waals surface area contributed by atoms with E-state index in [1.807, 2.05) is 0 Å². The van der Waals surface area contributed by atoms with Crippen LogP contribution in [0.1, 0.15) is 32.1 Å². The monoisotopic (exact) mass is 200 g/mol. The van der Waals surface area contributed by atoms with Gasteiger partial charge in [0.25, 0.3) is 0 Å². The smallest absolute Gasteiger partial charge is 0.404 e. The molecule has 0 saturated heterocycles. The second-order valence-electron chi connectivity index (χ2n) is 3.31. The Morgan fingerprint density at radius 1 is 1.38 bits per heavy atom. The van der Waals surface area contributed by atoms with Gasteiger partial charge in [-0.3, -0.25) is 0 Å². The Morgan fingerprint density at radius 2 is 2.08 bits per heavy atom. The number of rotatable bonds is 1. The van der Waals surface area contributed by atoms with E-state index in [0.29, 0.717) is 0 Å². The van der Waals surface area contributed by atoms with Crippen molar-refractivity contribution < 1.29 is 9.53 Å². The number of terminal acetylenes is 1. The topological polar surface area (TPSA) is 26.3 Å². The lowest BCUT2D eigenvalue weighted by Crippen LogP contribution is -2.22. The fraction of sp³-hybridized carbons (Fsp3) is 0.700. The van der Waals surface area contributed by atoms with E-state index >= 15 is 0 Å². The number of halogens is 1. The molecule has 72 valence electrons. The number of hydrogen-bond donors (Lipinski definition) is 0. The zero-order chi connectivity index (χ0) is 9.68. The van der Waals surface area contributed by atoms with E-state index in [-0.39, 0.29) is 12.0 Å². The van der Waals surface area contributed by atoms with Gasteiger partial charge in [-0.2, -0.15) is 0 Å². The molecule has 1 rings (SSSR count). The Labute approximate surface area is 83.6 Å². The van der Waals surface area contributed by atoms with Crippen LogP contribution in [0.2, 0.25) is 0 Å². The first-order chi connectivity index (χ1) is 6.24. The molecule has 0 unspecified atom stereocenters.